The zero-order valence-electron chi connectivity index (χ0n) is 9.87. The Morgan fingerprint density at radius 2 is 1.87 bits per heavy atom. The van der Waals surface area contributed by atoms with Gasteiger partial charge in [0.05, 0.1) is 10.2 Å². The third kappa shape index (κ3) is 4.93. The van der Waals surface area contributed by atoms with Crippen molar-refractivity contribution < 1.29 is 0 Å². The Bertz CT molecular complexity index is 293. The van der Waals surface area contributed by atoms with Crippen molar-refractivity contribution in [3.63, 3.8) is 0 Å². The Kier molecular flexibility index (Phi) is 6.01. The molecule has 0 heterocycles. The first kappa shape index (κ1) is 12.2. The minimum absolute atomic E-state index is 1.01. The summed E-state index contributed by atoms with van der Waals surface area (Å²) in [5.41, 5.74) is 1.31. The van der Waals surface area contributed by atoms with Crippen LogP contribution in [0.5, 0.6) is 0 Å². The second kappa shape index (κ2) is 7.41. The van der Waals surface area contributed by atoms with Gasteiger partial charge in [-0.05, 0) is 12.0 Å². The maximum atomic E-state index is 4.64. The van der Waals surface area contributed by atoms with Gasteiger partial charge in [0.1, 0.15) is 0 Å². The molecule has 0 aliphatic heterocycles. The minimum atomic E-state index is 1.01. The predicted molar refractivity (Wildman–Crippen MR) is 71.9 cm³/mol. The van der Waals surface area contributed by atoms with Gasteiger partial charge in [-0.25, -0.2) is 0 Å². The monoisotopic (exact) mass is 219 g/mol. The molecule has 0 aliphatic rings. The molecule has 0 unspecified atom stereocenters. The van der Waals surface area contributed by atoms with Gasteiger partial charge in [-0.2, -0.15) is 0 Å². The number of benzene rings is 1. The first-order valence-corrected chi connectivity index (χ1v) is 6.91. The third-order valence-corrected chi connectivity index (χ3v) is 3.45. The fraction of sp³-hybridized carbons (Fsp3) is 0.462. The van der Waals surface area contributed by atoms with Crippen LogP contribution in [0.4, 0.5) is 0 Å². The van der Waals surface area contributed by atoms with Crippen LogP contribution in [0.25, 0.3) is 0 Å². The molecule has 0 saturated heterocycles. The van der Waals surface area contributed by atoms with Crippen molar-refractivity contribution in [2.45, 2.75) is 32.6 Å². The van der Waals surface area contributed by atoms with Crippen LogP contribution in [0, 0.1) is 0 Å². The quantitative estimate of drug-likeness (QED) is 0.396. The highest BCUT2D eigenvalue weighted by molar-refractivity contribution is 6.64. The normalized spacial score (nSPS) is 11.9. The number of hydrogen-bond donors (Lipinski definition) is 0. The standard InChI is InChI=1S/C13H21NSi/c1-2-3-4-8-11-14-13(15)12-9-6-5-7-10-12/h5-7,9-10H,2-4,8,11H2,1,15H3. The van der Waals surface area contributed by atoms with Crippen molar-refractivity contribution in [2.24, 2.45) is 4.99 Å². The topological polar surface area (TPSA) is 12.4 Å². The van der Waals surface area contributed by atoms with Gasteiger partial charge in [0, 0.05) is 11.9 Å². The lowest BCUT2D eigenvalue weighted by molar-refractivity contribution is 0.675. The van der Waals surface area contributed by atoms with Crippen LogP contribution in [0.3, 0.4) is 0 Å². The lowest BCUT2D eigenvalue weighted by Crippen LogP contribution is -2.00. The second-order valence-electron chi connectivity index (χ2n) is 3.89. The number of nitrogens with zero attached hydrogens (tertiary/aromatic N) is 1. The third-order valence-electron chi connectivity index (χ3n) is 2.55. The van der Waals surface area contributed by atoms with Gasteiger partial charge in [0.25, 0.3) is 0 Å². The van der Waals surface area contributed by atoms with Gasteiger partial charge in [0.2, 0.25) is 0 Å². The van der Waals surface area contributed by atoms with Crippen LogP contribution >= 0.6 is 0 Å². The van der Waals surface area contributed by atoms with E-state index in [0.717, 1.165) is 16.8 Å². The molecular weight excluding hydrogens is 198 g/mol. The largest absolute Gasteiger partial charge is 0.295 e. The first-order chi connectivity index (χ1) is 7.34. The van der Waals surface area contributed by atoms with Gasteiger partial charge in [-0.15, -0.1) is 0 Å². The smallest absolute Gasteiger partial charge is 0.0625 e. The van der Waals surface area contributed by atoms with E-state index in [2.05, 4.69) is 42.2 Å². The molecular formula is C13H21NSi. The number of unbranched alkanes of at least 4 members (excludes halogenated alkanes) is 3. The molecule has 0 aliphatic carbocycles. The van der Waals surface area contributed by atoms with E-state index in [4.69, 9.17) is 0 Å². The van der Waals surface area contributed by atoms with Crippen LogP contribution in [-0.4, -0.2) is 22.1 Å². The Labute approximate surface area is 96.1 Å². The molecule has 2 heteroatoms. The average molecular weight is 219 g/mol. The molecule has 0 amide bonds. The second-order valence-corrected chi connectivity index (χ2v) is 4.84. The molecule has 1 nitrogen and oxygen atoms in total. The average Bonchev–Trinajstić information content (AvgIpc) is 2.30. The van der Waals surface area contributed by atoms with Crippen molar-refractivity contribution >= 4 is 15.6 Å². The molecule has 15 heavy (non-hydrogen) atoms. The number of aliphatic imine (C=N–C) groups is 1. The molecule has 1 aromatic rings. The fourth-order valence-electron chi connectivity index (χ4n) is 1.56. The van der Waals surface area contributed by atoms with E-state index in [1.165, 1.54) is 36.6 Å². The zero-order valence-corrected chi connectivity index (χ0v) is 11.9. The first-order valence-electron chi connectivity index (χ1n) is 5.91. The molecule has 1 rings (SSSR count). The van der Waals surface area contributed by atoms with E-state index in [1.54, 1.807) is 0 Å². The van der Waals surface area contributed by atoms with Crippen LogP contribution < -0.4 is 0 Å². The van der Waals surface area contributed by atoms with E-state index in [0.29, 0.717) is 0 Å². The SMILES string of the molecule is CCCCCCN=C([SiH3])c1ccccc1. The maximum absolute atomic E-state index is 4.64. The molecule has 0 fully saturated rings. The highest BCUT2D eigenvalue weighted by atomic mass is 28.1. The van der Waals surface area contributed by atoms with E-state index in [1.807, 2.05) is 0 Å². The summed E-state index contributed by atoms with van der Waals surface area (Å²) in [5, 5.41) is 1.30. The van der Waals surface area contributed by atoms with Crippen molar-refractivity contribution in [3.8, 4) is 0 Å². The number of rotatable bonds is 6. The van der Waals surface area contributed by atoms with Gasteiger partial charge in [0.15, 0.2) is 0 Å². The van der Waals surface area contributed by atoms with E-state index >= 15 is 0 Å². The summed E-state index contributed by atoms with van der Waals surface area (Å²) < 4.78 is 0. The minimum Gasteiger partial charge on any atom is -0.295 e. The van der Waals surface area contributed by atoms with E-state index in [-0.39, 0.29) is 0 Å². The van der Waals surface area contributed by atoms with Crippen LogP contribution in [0.15, 0.2) is 35.3 Å². The fourth-order valence-corrected chi connectivity index (χ4v) is 2.11. The van der Waals surface area contributed by atoms with Gasteiger partial charge >= 0.3 is 0 Å². The Morgan fingerprint density at radius 1 is 1.13 bits per heavy atom. The van der Waals surface area contributed by atoms with Gasteiger partial charge in [-0.3, -0.25) is 4.99 Å². The van der Waals surface area contributed by atoms with Crippen LogP contribution in [0.1, 0.15) is 38.2 Å². The lowest BCUT2D eigenvalue weighted by atomic mass is 10.2. The molecule has 0 spiro atoms. The highest BCUT2D eigenvalue weighted by Crippen LogP contribution is 2.02. The molecule has 0 bridgehead atoms. The summed E-state index contributed by atoms with van der Waals surface area (Å²) >= 11 is 0. The van der Waals surface area contributed by atoms with Crippen molar-refractivity contribution in [1.29, 1.82) is 0 Å². The Hall–Kier alpha value is -0.893. The highest BCUT2D eigenvalue weighted by Gasteiger charge is 1.94. The van der Waals surface area contributed by atoms with Gasteiger partial charge < -0.3 is 0 Å². The molecule has 0 saturated carbocycles. The molecule has 82 valence electrons. The van der Waals surface area contributed by atoms with Gasteiger partial charge in [-0.1, -0.05) is 56.5 Å². The zero-order chi connectivity index (χ0) is 10.9. The van der Waals surface area contributed by atoms with Crippen LogP contribution in [0.2, 0.25) is 0 Å². The maximum Gasteiger partial charge on any atom is 0.0625 e. The summed E-state index contributed by atoms with van der Waals surface area (Å²) in [6.07, 6.45) is 5.21. The summed E-state index contributed by atoms with van der Waals surface area (Å²) in [6.45, 7) is 3.25. The molecule has 1 aromatic carbocycles. The summed E-state index contributed by atoms with van der Waals surface area (Å²) in [5.74, 6) is 0. The Morgan fingerprint density at radius 3 is 2.53 bits per heavy atom. The predicted octanol–water partition coefficient (Wildman–Crippen LogP) is 2.38. The van der Waals surface area contributed by atoms with Crippen molar-refractivity contribution in [2.75, 3.05) is 6.54 Å². The Balaban J connectivity index is 2.33. The number of hydrogen-bond acceptors (Lipinski definition) is 1. The van der Waals surface area contributed by atoms with Crippen molar-refractivity contribution in [3.05, 3.63) is 35.9 Å². The summed E-state index contributed by atoms with van der Waals surface area (Å²) in [7, 11) is 1.05. The summed E-state index contributed by atoms with van der Waals surface area (Å²) in [4.78, 5) is 4.64. The molecule has 0 atom stereocenters. The van der Waals surface area contributed by atoms with E-state index < -0.39 is 0 Å². The molecule has 0 N–H and O–H groups in total. The van der Waals surface area contributed by atoms with Crippen molar-refractivity contribution in [1.82, 2.24) is 0 Å². The van der Waals surface area contributed by atoms with Crippen LogP contribution in [-0.2, 0) is 0 Å². The molecule has 0 aromatic heterocycles. The van der Waals surface area contributed by atoms with E-state index in [9.17, 15) is 0 Å². The lowest BCUT2D eigenvalue weighted by Gasteiger charge is -2.01. The summed E-state index contributed by atoms with van der Waals surface area (Å²) in [6, 6.07) is 10.5. The molecule has 0 radical (unpaired) electrons.